The molecular weight excluding hydrogens is 352 g/mol. The molecule has 140 valence electrons. The number of aromatic amines is 1. The molecule has 0 saturated heterocycles. The molecule has 6 heteroatoms. The summed E-state index contributed by atoms with van der Waals surface area (Å²) in [6, 6.07) is 13.5. The quantitative estimate of drug-likeness (QED) is 0.431. The summed E-state index contributed by atoms with van der Waals surface area (Å²) < 4.78 is 1.96. The van der Waals surface area contributed by atoms with Crippen molar-refractivity contribution in [2.24, 2.45) is 0 Å². The minimum Gasteiger partial charge on any atom is -0.358 e. The second-order valence-electron chi connectivity index (χ2n) is 7.34. The summed E-state index contributed by atoms with van der Waals surface area (Å²) in [5.74, 6) is -0.892. The number of hydrogen-bond acceptors (Lipinski definition) is 3. The van der Waals surface area contributed by atoms with Crippen LogP contribution in [0.3, 0.4) is 0 Å². The first-order valence-corrected chi connectivity index (χ1v) is 9.47. The predicted octanol–water partition coefficient (Wildman–Crippen LogP) is 3.50. The van der Waals surface area contributed by atoms with E-state index < -0.39 is 11.7 Å². The number of rotatable bonds is 5. The standard InChI is InChI=1S/C22H20N4O2/c1-14-20(17-6-2-3-7-18(17)24-14)21(27)22(28)26(15-9-10-15)13-16-12-23-19-8-4-5-11-25(16)19/h2-8,11-12,15,24H,9-10,13H2,1H3. The highest BCUT2D eigenvalue weighted by atomic mass is 16.2. The molecule has 1 amide bonds. The van der Waals surface area contributed by atoms with E-state index in [2.05, 4.69) is 9.97 Å². The van der Waals surface area contributed by atoms with Gasteiger partial charge in [0.25, 0.3) is 11.7 Å². The number of H-pyrrole nitrogens is 1. The Labute approximate surface area is 161 Å². The maximum Gasteiger partial charge on any atom is 0.295 e. The second kappa shape index (κ2) is 6.34. The van der Waals surface area contributed by atoms with Gasteiger partial charge >= 0.3 is 0 Å². The van der Waals surface area contributed by atoms with Gasteiger partial charge in [-0.05, 0) is 38.0 Å². The van der Waals surface area contributed by atoms with Crippen molar-refractivity contribution in [2.75, 3.05) is 0 Å². The van der Waals surface area contributed by atoms with Gasteiger partial charge in [-0.2, -0.15) is 0 Å². The van der Waals surface area contributed by atoms with Crippen molar-refractivity contribution in [1.29, 1.82) is 0 Å². The Hall–Kier alpha value is -3.41. The molecule has 28 heavy (non-hydrogen) atoms. The van der Waals surface area contributed by atoms with Crippen LogP contribution in [-0.4, -0.2) is 37.0 Å². The number of fused-ring (bicyclic) bond motifs is 2. The van der Waals surface area contributed by atoms with Crippen molar-refractivity contribution >= 4 is 28.2 Å². The van der Waals surface area contributed by atoms with E-state index in [1.165, 1.54) is 0 Å². The molecule has 1 fully saturated rings. The molecular formula is C22H20N4O2. The molecule has 1 N–H and O–H groups in total. The fraction of sp³-hybridized carbons (Fsp3) is 0.227. The number of amides is 1. The monoisotopic (exact) mass is 372 g/mol. The fourth-order valence-corrected chi connectivity index (χ4v) is 3.84. The first kappa shape index (κ1) is 16.7. The van der Waals surface area contributed by atoms with Gasteiger partial charge in [0.1, 0.15) is 5.65 Å². The maximum atomic E-state index is 13.2. The molecule has 3 aromatic heterocycles. The minimum absolute atomic E-state index is 0.122. The van der Waals surface area contributed by atoms with Crippen molar-refractivity contribution in [1.82, 2.24) is 19.3 Å². The lowest BCUT2D eigenvalue weighted by Gasteiger charge is -2.21. The zero-order chi connectivity index (χ0) is 19.3. The lowest BCUT2D eigenvalue weighted by Crippen LogP contribution is -2.38. The average molecular weight is 372 g/mol. The number of ketones is 1. The van der Waals surface area contributed by atoms with Gasteiger partial charge in [0, 0.05) is 28.8 Å². The number of para-hydroxylation sites is 1. The van der Waals surface area contributed by atoms with Crippen molar-refractivity contribution in [3.63, 3.8) is 0 Å². The van der Waals surface area contributed by atoms with Gasteiger partial charge in [-0.25, -0.2) is 4.98 Å². The van der Waals surface area contributed by atoms with Crippen LogP contribution < -0.4 is 0 Å². The largest absolute Gasteiger partial charge is 0.358 e. The average Bonchev–Trinajstić information content (AvgIpc) is 3.38. The number of benzene rings is 1. The molecule has 5 rings (SSSR count). The molecule has 4 aromatic rings. The zero-order valence-corrected chi connectivity index (χ0v) is 15.6. The second-order valence-corrected chi connectivity index (χ2v) is 7.34. The summed E-state index contributed by atoms with van der Waals surface area (Å²) in [5, 5.41) is 0.795. The summed E-state index contributed by atoms with van der Waals surface area (Å²) in [4.78, 5) is 35.7. The molecule has 0 atom stereocenters. The maximum absolute atomic E-state index is 13.2. The van der Waals surface area contributed by atoms with Gasteiger partial charge < -0.3 is 14.3 Å². The number of pyridine rings is 1. The number of carbonyl (C=O) groups excluding carboxylic acids is 2. The van der Waals surface area contributed by atoms with Gasteiger partial charge in [0.15, 0.2) is 0 Å². The molecule has 1 aliphatic rings. The minimum atomic E-state index is -0.448. The van der Waals surface area contributed by atoms with Crippen molar-refractivity contribution in [3.05, 3.63) is 71.8 Å². The van der Waals surface area contributed by atoms with E-state index in [4.69, 9.17) is 0 Å². The molecule has 0 unspecified atom stereocenters. The van der Waals surface area contributed by atoms with Gasteiger partial charge in [-0.3, -0.25) is 9.59 Å². The third-order valence-corrected chi connectivity index (χ3v) is 5.39. The number of aryl methyl sites for hydroxylation is 1. The lowest BCUT2D eigenvalue weighted by molar-refractivity contribution is -0.127. The molecule has 6 nitrogen and oxygen atoms in total. The van der Waals surface area contributed by atoms with Crippen LogP contribution in [0.25, 0.3) is 16.6 Å². The fourth-order valence-electron chi connectivity index (χ4n) is 3.84. The highest BCUT2D eigenvalue weighted by molar-refractivity contribution is 6.45. The van der Waals surface area contributed by atoms with Gasteiger partial charge in [-0.15, -0.1) is 0 Å². The van der Waals surface area contributed by atoms with E-state index in [9.17, 15) is 9.59 Å². The number of carbonyl (C=O) groups is 2. The summed E-state index contributed by atoms with van der Waals surface area (Å²) in [6.45, 7) is 2.22. The first-order valence-electron chi connectivity index (χ1n) is 9.47. The normalized spacial score (nSPS) is 13.9. The smallest absolute Gasteiger partial charge is 0.295 e. The van der Waals surface area contributed by atoms with Crippen molar-refractivity contribution in [2.45, 2.75) is 32.4 Å². The highest BCUT2D eigenvalue weighted by Gasteiger charge is 2.37. The third-order valence-electron chi connectivity index (χ3n) is 5.39. The van der Waals surface area contributed by atoms with Crippen LogP contribution in [-0.2, 0) is 11.3 Å². The van der Waals surface area contributed by atoms with E-state index in [-0.39, 0.29) is 6.04 Å². The summed E-state index contributed by atoms with van der Waals surface area (Å²) in [7, 11) is 0. The van der Waals surface area contributed by atoms with E-state index in [1.807, 2.05) is 60.0 Å². The molecule has 1 aromatic carbocycles. The third kappa shape index (κ3) is 2.69. The molecule has 0 spiro atoms. The van der Waals surface area contributed by atoms with Crippen LogP contribution in [0.2, 0.25) is 0 Å². The Morgan fingerprint density at radius 1 is 1.18 bits per heavy atom. The molecule has 1 aliphatic carbocycles. The predicted molar refractivity (Wildman–Crippen MR) is 106 cm³/mol. The summed E-state index contributed by atoms with van der Waals surface area (Å²) >= 11 is 0. The Kier molecular flexibility index (Phi) is 3.79. The van der Waals surface area contributed by atoms with E-state index in [0.29, 0.717) is 12.1 Å². The topological polar surface area (TPSA) is 70.5 Å². The van der Waals surface area contributed by atoms with Crippen LogP contribution in [0, 0.1) is 6.92 Å². The molecule has 0 aliphatic heterocycles. The van der Waals surface area contributed by atoms with Gasteiger partial charge in [0.2, 0.25) is 0 Å². The van der Waals surface area contributed by atoms with E-state index in [1.54, 1.807) is 11.1 Å². The highest BCUT2D eigenvalue weighted by Crippen LogP contribution is 2.30. The van der Waals surface area contributed by atoms with Crippen molar-refractivity contribution in [3.8, 4) is 0 Å². The van der Waals surface area contributed by atoms with Crippen molar-refractivity contribution < 1.29 is 9.59 Å². The number of nitrogens with one attached hydrogen (secondary N) is 1. The van der Waals surface area contributed by atoms with Crippen LogP contribution in [0.5, 0.6) is 0 Å². The van der Waals surface area contributed by atoms with Gasteiger partial charge in [-0.1, -0.05) is 24.3 Å². The summed E-state index contributed by atoms with van der Waals surface area (Å²) in [6.07, 6.45) is 5.57. The number of Topliss-reactive ketones (excluding diaryl/α,β-unsaturated/α-hetero) is 1. The number of hydrogen-bond donors (Lipinski definition) is 1. The molecule has 0 radical (unpaired) electrons. The van der Waals surface area contributed by atoms with Crippen LogP contribution in [0.15, 0.2) is 54.9 Å². The van der Waals surface area contributed by atoms with Crippen LogP contribution >= 0.6 is 0 Å². The molecule has 1 saturated carbocycles. The number of imidazole rings is 1. The van der Waals surface area contributed by atoms with E-state index >= 15 is 0 Å². The molecule has 0 bridgehead atoms. The number of aromatic nitrogens is 3. The van der Waals surface area contributed by atoms with Gasteiger partial charge in [0.05, 0.1) is 24.0 Å². The Balaban J connectivity index is 1.49. The molecule has 3 heterocycles. The Morgan fingerprint density at radius 3 is 2.79 bits per heavy atom. The van der Waals surface area contributed by atoms with Crippen LogP contribution in [0.1, 0.15) is 34.6 Å². The Bertz CT molecular complexity index is 1220. The first-order chi connectivity index (χ1) is 13.6. The Morgan fingerprint density at radius 2 is 1.96 bits per heavy atom. The SMILES string of the molecule is Cc1[nH]c2ccccc2c1C(=O)C(=O)N(Cc1cnc2ccccn12)C1CC1. The van der Waals surface area contributed by atoms with Crippen LogP contribution in [0.4, 0.5) is 0 Å². The number of nitrogens with zero attached hydrogens (tertiary/aromatic N) is 3. The lowest BCUT2D eigenvalue weighted by atomic mass is 10.1. The summed E-state index contributed by atoms with van der Waals surface area (Å²) in [5.41, 5.74) is 3.81. The van der Waals surface area contributed by atoms with E-state index in [0.717, 1.165) is 40.8 Å². The zero-order valence-electron chi connectivity index (χ0n) is 15.6.